The first kappa shape index (κ1) is 12.8. The van der Waals surface area contributed by atoms with Crippen LogP contribution in [0.2, 0.25) is 0 Å². The number of rotatable bonds is 6. The molecule has 1 amide bonds. The van der Waals surface area contributed by atoms with E-state index in [1.807, 2.05) is 6.07 Å². The molecule has 0 aromatic heterocycles. The molecule has 0 aromatic carbocycles. The van der Waals surface area contributed by atoms with Crippen LogP contribution in [0.15, 0.2) is 0 Å². The van der Waals surface area contributed by atoms with Crippen LogP contribution in [0, 0.1) is 11.3 Å². The number of carboxylic acid groups (broad SMARTS) is 1. The highest BCUT2D eigenvalue weighted by molar-refractivity contribution is 7.99. The number of nitrogens with zero attached hydrogens (tertiary/aromatic N) is 1. The van der Waals surface area contributed by atoms with E-state index < -0.39 is 12.0 Å². The monoisotopic (exact) mass is 216 g/mol. The van der Waals surface area contributed by atoms with Crippen molar-refractivity contribution in [2.75, 3.05) is 11.5 Å². The van der Waals surface area contributed by atoms with Gasteiger partial charge in [-0.25, -0.2) is 4.79 Å². The Morgan fingerprint density at radius 2 is 2.29 bits per heavy atom. The fraction of sp³-hybridized carbons (Fsp3) is 0.625. The average Bonchev–Trinajstić information content (AvgIpc) is 2.09. The number of carbonyl (C=O) groups excluding carboxylic acids is 1. The van der Waals surface area contributed by atoms with Gasteiger partial charge >= 0.3 is 5.97 Å². The maximum Gasteiger partial charge on any atom is 0.327 e. The van der Waals surface area contributed by atoms with Crippen molar-refractivity contribution in [1.29, 1.82) is 5.26 Å². The highest BCUT2D eigenvalue weighted by Gasteiger charge is 2.17. The SMILES string of the molecule is CC(=O)N[C@H](CSCCC#N)C(=O)O. The minimum Gasteiger partial charge on any atom is -0.480 e. The third-order valence-electron chi connectivity index (χ3n) is 1.32. The molecule has 5 nitrogen and oxygen atoms in total. The fourth-order valence-corrected chi connectivity index (χ4v) is 1.60. The topological polar surface area (TPSA) is 90.2 Å². The van der Waals surface area contributed by atoms with Crippen LogP contribution in [0.3, 0.4) is 0 Å². The van der Waals surface area contributed by atoms with E-state index in [9.17, 15) is 9.59 Å². The molecule has 0 aliphatic rings. The van der Waals surface area contributed by atoms with Gasteiger partial charge in [-0.15, -0.1) is 0 Å². The normalized spacial score (nSPS) is 11.4. The zero-order valence-electron chi connectivity index (χ0n) is 7.82. The van der Waals surface area contributed by atoms with Gasteiger partial charge in [0.25, 0.3) is 0 Å². The first-order valence-corrected chi connectivity index (χ1v) is 5.18. The Bertz CT molecular complexity index is 249. The van der Waals surface area contributed by atoms with Crippen LogP contribution in [0.1, 0.15) is 13.3 Å². The van der Waals surface area contributed by atoms with Crippen LogP contribution in [0.25, 0.3) is 0 Å². The highest BCUT2D eigenvalue weighted by Crippen LogP contribution is 2.04. The van der Waals surface area contributed by atoms with Crippen molar-refractivity contribution in [2.24, 2.45) is 0 Å². The summed E-state index contributed by atoms with van der Waals surface area (Å²) in [5.74, 6) is -0.542. The van der Waals surface area contributed by atoms with Crippen molar-refractivity contribution < 1.29 is 14.7 Å². The van der Waals surface area contributed by atoms with Crippen molar-refractivity contribution in [2.45, 2.75) is 19.4 Å². The second-order valence-corrected chi connectivity index (χ2v) is 3.72. The van der Waals surface area contributed by atoms with Gasteiger partial charge in [-0.3, -0.25) is 4.79 Å². The molecule has 0 bridgehead atoms. The largest absolute Gasteiger partial charge is 0.480 e. The zero-order valence-corrected chi connectivity index (χ0v) is 8.63. The summed E-state index contributed by atoms with van der Waals surface area (Å²) in [6, 6.07) is 1.09. The van der Waals surface area contributed by atoms with E-state index in [1.165, 1.54) is 18.7 Å². The van der Waals surface area contributed by atoms with Crippen LogP contribution in [0.4, 0.5) is 0 Å². The van der Waals surface area contributed by atoms with Crippen molar-refractivity contribution >= 4 is 23.6 Å². The maximum absolute atomic E-state index is 10.6. The van der Waals surface area contributed by atoms with Crippen LogP contribution in [-0.2, 0) is 9.59 Å². The van der Waals surface area contributed by atoms with E-state index >= 15 is 0 Å². The average molecular weight is 216 g/mol. The van der Waals surface area contributed by atoms with Crippen molar-refractivity contribution in [3.63, 3.8) is 0 Å². The predicted octanol–water partition coefficient (Wildman–Crippen LogP) is 0.223. The van der Waals surface area contributed by atoms with E-state index in [0.717, 1.165) is 0 Å². The van der Waals surface area contributed by atoms with E-state index in [1.54, 1.807) is 0 Å². The third kappa shape index (κ3) is 6.31. The summed E-state index contributed by atoms with van der Waals surface area (Å²) in [7, 11) is 0. The molecule has 14 heavy (non-hydrogen) atoms. The second kappa shape index (κ2) is 7.21. The molecule has 0 heterocycles. The Balaban J connectivity index is 3.81. The molecule has 0 radical (unpaired) electrons. The Labute approximate surface area is 86.5 Å². The molecule has 0 aromatic rings. The first-order chi connectivity index (χ1) is 6.57. The molecular weight excluding hydrogens is 204 g/mol. The van der Waals surface area contributed by atoms with Gasteiger partial charge in [0, 0.05) is 24.9 Å². The highest BCUT2D eigenvalue weighted by atomic mass is 32.2. The summed E-state index contributed by atoms with van der Waals surface area (Å²) in [4.78, 5) is 21.2. The van der Waals surface area contributed by atoms with E-state index in [0.29, 0.717) is 12.2 Å². The number of nitriles is 1. The Morgan fingerprint density at radius 3 is 2.71 bits per heavy atom. The maximum atomic E-state index is 10.6. The molecule has 1 atom stereocenters. The molecule has 2 N–H and O–H groups in total. The Morgan fingerprint density at radius 1 is 1.64 bits per heavy atom. The molecule has 0 aliphatic heterocycles. The lowest BCUT2D eigenvalue weighted by atomic mass is 10.3. The van der Waals surface area contributed by atoms with Gasteiger partial charge in [0.2, 0.25) is 5.91 Å². The molecule has 0 saturated carbocycles. The minimum absolute atomic E-state index is 0.288. The molecule has 0 unspecified atom stereocenters. The van der Waals surface area contributed by atoms with E-state index in [2.05, 4.69) is 5.32 Å². The third-order valence-corrected chi connectivity index (χ3v) is 2.38. The van der Waals surface area contributed by atoms with Crippen molar-refractivity contribution in [3.05, 3.63) is 0 Å². The number of carboxylic acids is 1. The lowest BCUT2D eigenvalue weighted by Crippen LogP contribution is -2.41. The Hall–Kier alpha value is -1.22. The molecular formula is C8H12N2O3S. The molecule has 0 fully saturated rings. The van der Waals surface area contributed by atoms with Crippen LogP contribution in [-0.4, -0.2) is 34.5 Å². The van der Waals surface area contributed by atoms with Crippen molar-refractivity contribution in [3.8, 4) is 6.07 Å². The molecule has 0 saturated heterocycles. The molecule has 6 heteroatoms. The summed E-state index contributed by atoms with van der Waals surface area (Å²) in [5, 5.41) is 19.2. The van der Waals surface area contributed by atoms with Crippen LogP contribution >= 0.6 is 11.8 Å². The first-order valence-electron chi connectivity index (χ1n) is 4.02. The fourth-order valence-electron chi connectivity index (χ4n) is 0.739. The lowest BCUT2D eigenvalue weighted by molar-refractivity contribution is -0.140. The summed E-state index contributed by atoms with van der Waals surface area (Å²) in [5.41, 5.74) is 0. The number of carbonyl (C=O) groups is 2. The predicted molar refractivity (Wildman–Crippen MR) is 52.8 cm³/mol. The Kier molecular flexibility index (Phi) is 6.58. The van der Waals surface area contributed by atoms with Gasteiger partial charge < -0.3 is 10.4 Å². The summed E-state index contributed by atoms with van der Waals surface area (Å²) < 4.78 is 0. The molecule has 0 aliphatic carbocycles. The molecule has 0 spiro atoms. The summed E-state index contributed by atoms with van der Waals surface area (Å²) in [6.07, 6.45) is 0.386. The molecule has 78 valence electrons. The van der Waals surface area contributed by atoms with Gasteiger partial charge in [0.05, 0.1) is 6.07 Å². The van der Waals surface area contributed by atoms with E-state index in [-0.39, 0.29) is 11.7 Å². The number of amides is 1. The summed E-state index contributed by atoms with van der Waals surface area (Å²) >= 11 is 1.34. The number of hydrogen-bond donors (Lipinski definition) is 2. The standard InChI is InChI=1S/C8H12N2O3S/c1-6(11)10-7(8(12)13)5-14-4-2-3-9/h7H,2,4-5H2,1H3,(H,10,11)(H,12,13)/t7-/m1/s1. The number of nitrogens with one attached hydrogen (secondary N) is 1. The number of thioether (sulfide) groups is 1. The second-order valence-electron chi connectivity index (χ2n) is 2.57. The number of hydrogen-bond acceptors (Lipinski definition) is 4. The molecule has 0 rings (SSSR count). The number of aliphatic carboxylic acids is 1. The van der Waals surface area contributed by atoms with Gasteiger partial charge in [-0.05, 0) is 0 Å². The summed E-state index contributed by atoms with van der Waals surface area (Å²) in [6.45, 7) is 1.27. The van der Waals surface area contributed by atoms with Gasteiger partial charge in [0.1, 0.15) is 6.04 Å². The lowest BCUT2D eigenvalue weighted by Gasteiger charge is -2.11. The van der Waals surface area contributed by atoms with Crippen LogP contribution in [0.5, 0.6) is 0 Å². The van der Waals surface area contributed by atoms with Gasteiger partial charge in [-0.1, -0.05) is 0 Å². The minimum atomic E-state index is -1.05. The van der Waals surface area contributed by atoms with Crippen LogP contribution < -0.4 is 5.32 Å². The zero-order chi connectivity index (χ0) is 11.0. The van der Waals surface area contributed by atoms with Gasteiger partial charge in [0.15, 0.2) is 0 Å². The van der Waals surface area contributed by atoms with Crippen molar-refractivity contribution in [1.82, 2.24) is 5.32 Å². The van der Waals surface area contributed by atoms with E-state index in [4.69, 9.17) is 10.4 Å². The smallest absolute Gasteiger partial charge is 0.327 e. The quantitative estimate of drug-likeness (QED) is 0.620. The van der Waals surface area contributed by atoms with Gasteiger partial charge in [-0.2, -0.15) is 17.0 Å².